The van der Waals surface area contributed by atoms with E-state index in [1.807, 2.05) is 13.8 Å². The minimum absolute atomic E-state index is 0.0595. The number of benzene rings is 1. The van der Waals surface area contributed by atoms with Crippen molar-refractivity contribution in [3.05, 3.63) is 56.7 Å². The van der Waals surface area contributed by atoms with Gasteiger partial charge in [0.25, 0.3) is 5.56 Å². The van der Waals surface area contributed by atoms with Crippen LogP contribution in [0.1, 0.15) is 31.1 Å². The molecule has 156 valence electrons. The number of hydrogen-bond donors (Lipinski definition) is 1. The number of ether oxygens (including phenoxy) is 2. The van der Waals surface area contributed by atoms with Crippen LogP contribution in [0.4, 0.5) is 5.82 Å². The number of carbonyl (C=O) groups is 2. The fourth-order valence-corrected chi connectivity index (χ4v) is 2.66. The first-order valence-corrected chi connectivity index (χ1v) is 9.14. The molecule has 9 nitrogen and oxygen atoms in total. The fourth-order valence-electron chi connectivity index (χ4n) is 2.66. The maximum Gasteiger partial charge on any atom is 0.347 e. The van der Waals surface area contributed by atoms with Gasteiger partial charge in [0, 0.05) is 13.6 Å². The summed E-state index contributed by atoms with van der Waals surface area (Å²) in [4.78, 5) is 49.3. The van der Waals surface area contributed by atoms with Crippen molar-refractivity contribution in [1.82, 2.24) is 9.13 Å². The lowest BCUT2D eigenvalue weighted by Crippen LogP contribution is -2.43. The van der Waals surface area contributed by atoms with E-state index in [1.54, 1.807) is 30.3 Å². The van der Waals surface area contributed by atoms with Crippen molar-refractivity contribution in [3.8, 4) is 5.75 Å². The lowest BCUT2D eigenvalue weighted by atomic mass is 10.1. The van der Waals surface area contributed by atoms with Gasteiger partial charge in [-0.15, -0.1) is 0 Å². The number of anilines is 1. The molecule has 2 N–H and O–H groups in total. The summed E-state index contributed by atoms with van der Waals surface area (Å²) in [6.07, 6.45) is -0.958. The molecule has 0 amide bonds. The van der Waals surface area contributed by atoms with E-state index < -0.39 is 35.7 Å². The first kappa shape index (κ1) is 21.9. The van der Waals surface area contributed by atoms with Gasteiger partial charge in [-0.25, -0.2) is 9.59 Å². The largest absolute Gasteiger partial charge is 0.479 e. The van der Waals surface area contributed by atoms with Gasteiger partial charge in [-0.1, -0.05) is 32.0 Å². The zero-order valence-corrected chi connectivity index (χ0v) is 16.9. The molecule has 29 heavy (non-hydrogen) atoms. The number of hydrogen-bond acceptors (Lipinski definition) is 7. The standard InChI is InChI=1S/C20H25N3O6/c1-12(2)10-23-17(21)16(18(25)22(4)20(23)27)15(24)11-28-19(26)13(3)29-14-8-6-5-7-9-14/h5-9,12-13H,10-11,21H2,1-4H3/t13-/m0/s1. The van der Waals surface area contributed by atoms with Crippen molar-refractivity contribution >= 4 is 17.6 Å². The lowest BCUT2D eigenvalue weighted by Gasteiger charge is -2.16. The molecule has 1 aromatic heterocycles. The van der Waals surface area contributed by atoms with Gasteiger partial charge < -0.3 is 15.2 Å². The maximum absolute atomic E-state index is 12.5. The maximum atomic E-state index is 12.5. The van der Waals surface area contributed by atoms with Gasteiger partial charge in [-0.3, -0.25) is 18.7 Å². The Morgan fingerprint density at radius 2 is 1.72 bits per heavy atom. The number of carbonyl (C=O) groups excluding carboxylic acids is 2. The third kappa shape index (κ3) is 5.13. The predicted octanol–water partition coefficient (Wildman–Crippen LogP) is 0.979. The number of nitrogens with zero attached hydrogens (tertiary/aromatic N) is 2. The summed E-state index contributed by atoms with van der Waals surface area (Å²) in [6, 6.07) is 8.66. The molecule has 0 spiro atoms. The molecule has 1 atom stereocenters. The SMILES string of the molecule is CC(C)Cn1c(N)c(C(=O)COC(=O)[C@H](C)Oc2ccccc2)c(=O)n(C)c1=O. The van der Waals surface area contributed by atoms with Crippen LogP contribution < -0.4 is 21.7 Å². The Balaban J connectivity index is 2.16. The summed E-state index contributed by atoms with van der Waals surface area (Å²) >= 11 is 0. The van der Waals surface area contributed by atoms with Crippen LogP contribution in [0.25, 0.3) is 0 Å². The van der Waals surface area contributed by atoms with Crippen molar-refractivity contribution in [2.75, 3.05) is 12.3 Å². The topological polar surface area (TPSA) is 123 Å². The zero-order chi connectivity index (χ0) is 21.7. The smallest absolute Gasteiger partial charge is 0.347 e. The average Bonchev–Trinajstić information content (AvgIpc) is 2.68. The predicted molar refractivity (Wildman–Crippen MR) is 107 cm³/mol. The van der Waals surface area contributed by atoms with E-state index in [2.05, 4.69) is 0 Å². The Kier molecular flexibility index (Phi) is 6.98. The molecular formula is C20H25N3O6. The number of esters is 1. The molecule has 0 bridgehead atoms. The lowest BCUT2D eigenvalue weighted by molar-refractivity contribution is -0.149. The van der Waals surface area contributed by atoms with Crippen LogP contribution in [0.2, 0.25) is 0 Å². The molecule has 1 heterocycles. The molecule has 9 heteroatoms. The van der Waals surface area contributed by atoms with Gasteiger partial charge in [0.05, 0.1) is 0 Å². The molecule has 2 rings (SSSR count). The van der Waals surface area contributed by atoms with Gasteiger partial charge >= 0.3 is 11.7 Å². The third-order valence-corrected chi connectivity index (χ3v) is 4.14. The van der Waals surface area contributed by atoms with Crippen LogP contribution in [0.15, 0.2) is 39.9 Å². The van der Waals surface area contributed by atoms with Gasteiger partial charge in [-0.2, -0.15) is 0 Å². The molecule has 0 aliphatic carbocycles. The van der Waals surface area contributed by atoms with Crippen molar-refractivity contribution in [2.45, 2.75) is 33.4 Å². The number of ketones is 1. The minimum atomic E-state index is -0.958. The van der Waals surface area contributed by atoms with E-state index >= 15 is 0 Å². The molecule has 2 aromatic rings. The monoisotopic (exact) mass is 403 g/mol. The Morgan fingerprint density at radius 1 is 1.10 bits per heavy atom. The number of para-hydroxylation sites is 1. The summed E-state index contributed by atoms with van der Waals surface area (Å²) in [5, 5.41) is 0. The fraction of sp³-hybridized carbons (Fsp3) is 0.400. The molecule has 0 radical (unpaired) electrons. The Bertz CT molecular complexity index is 1010. The second kappa shape index (κ2) is 9.22. The quantitative estimate of drug-likeness (QED) is 0.515. The summed E-state index contributed by atoms with van der Waals surface area (Å²) in [7, 11) is 1.26. The highest BCUT2D eigenvalue weighted by molar-refractivity contribution is 6.01. The van der Waals surface area contributed by atoms with Crippen molar-refractivity contribution in [2.24, 2.45) is 13.0 Å². The van der Waals surface area contributed by atoms with Crippen molar-refractivity contribution in [3.63, 3.8) is 0 Å². The van der Waals surface area contributed by atoms with Crippen molar-refractivity contribution in [1.29, 1.82) is 0 Å². The van der Waals surface area contributed by atoms with Crippen LogP contribution >= 0.6 is 0 Å². The van der Waals surface area contributed by atoms with Gasteiger partial charge in [0.2, 0.25) is 5.78 Å². The molecular weight excluding hydrogens is 378 g/mol. The summed E-state index contributed by atoms with van der Waals surface area (Å²) in [6.45, 7) is 4.76. The Labute approximate surface area is 167 Å². The van der Waals surface area contributed by atoms with E-state index in [0.717, 1.165) is 4.57 Å². The third-order valence-electron chi connectivity index (χ3n) is 4.14. The number of aromatic nitrogens is 2. The molecule has 1 aromatic carbocycles. The van der Waals surface area contributed by atoms with Gasteiger partial charge in [0.15, 0.2) is 12.7 Å². The first-order chi connectivity index (χ1) is 13.6. The van der Waals surface area contributed by atoms with Crippen LogP contribution in [0, 0.1) is 5.92 Å². The molecule has 0 aliphatic heterocycles. The van der Waals surface area contributed by atoms with E-state index in [9.17, 15) is 19.2 Å². The number of Topliss-reactive ketones (excluding diaryl/α,β-unsaturated/α-hetero) is 1. The van der Waals surface area contributed by atoms with E-state index in [1.165, 1.54) is 18.5 Å². The highest BCUT2D eigenvalue weighted by Gasteiger charge is 2.24. The second-order valence-electron chi connectivity index (χ2n) is 7.02. The zero-order valence-electron chi connectivity index (χ0n) is 16.9. The molecule has 0 saturated carbocycles. The summed E-state index contributed by atoms with van der Waals surface area (Å²) in [5.74, 6) is -1.26. The van der Waals surface area contributed by atoms with Crippen LogP contribution in [-0.4, -0.2) is 33.6 Å². The minimum Gasteiger partial charge on any atom is -0.479 e. The van der Waals surface area contributed by atoms with Crippen LogP contribution in [0.3, 0.4) is 0 Å². The van der Waals surface area contributed by atoms with Gasteiger partial charge in [-0.05, 0) is 25.0 Å². The molecule has 0 fully saturated rings. The summed E-state index contributed by atoms with van der Waals surface area (Å²) < 4.78 is 12.4. The van der Waals surface area contributed by atoms with Crippen LogP contribution in [0.5, 0.6) is 5.75 Å². The van der Waals surface area contributed by atoms with E-state index in [-0.39, 0.29) is 23.8 Å². The van der Waals surface area contributed by atoms with E-state index in [4.69, 9.17) is 15.2 Å². The van der Waals surface area contributed by atoms with Gasteiger partial charge in [0.1, 0.15) is 17.1 Å². The number of rotatable bonds is 8. The highest BCUT2D eigenvalue weighted by Crippen LogP contribution is 2.12. The molecule has 0 saturated heterocycles. The normalized spacial score (nSPS) is 11.9. The average molecular weight is 403 g/mol. The summed E-state index contributed by atoms with van der Waals surface area (Å²) in [5.41, 5.74) is 4.11. The molecule has 0 aliphatic rings. The highest BCUT2D eigenvalue weighted by atomic mass is 16.6. The second-order valence-corrected chi connectivity index (χ2v) is 7.02. The number of nitrogen functional groups attached to an aromatic ring is 1. The van der Waals surface area contributed by atoms with E-state index in [0.29, 0.717) is 5.75 Å². The van der Waals surface area contributed by atoms with Crippen LogP contribution in [-0.2, 0) is 23.1 Å². The Hall–Kier alpha value is -3.36. The molecule has 0 unspecified atom stereocenters. The number of nitrogens with two attached hydrogens (primary N) is 1. The first-order valence-electron chi connectivity index (χ1n) is 9.14. The Morgan fingerprint density at radius 3 is 2.31 bits per heavy atom. The van der Waals surface area contributed by atoms with Crippen molar-refractivity contribution < 1.29 is 19.1 Å².